The molecule has 0 aliphatic carbocycles. The molecule has 36 heavy (non-hydrogen) atoms. The number of benzene rings is 2. The molecule has 2 N–H and O–H groups in total. The first-order valence-corrected chi connectivity index (χ1v) is 12.7. The van der Waals surface area contributed by atoms with Gasteiger partial charge in [0.05, 0.1) is 13.2 Å². The third-order valence-electron chi connectivity index (χ3n) is 5.95. The molecule has 0 fully saturated rings. The van der Waals surface area contributed by atoms with Gasteiger partial charge in [0.2, 0.25) is 0 Å². The third kappa shape index (κ3) is 14.0. The number of nitrogens with one attached hydrogen (secondary N) is 2. The first-order valence-electron chi connectivity index (χ1n) is 12.7. The summed E-state index contributed by atoms with van der Waals surface area (Å²) in [5.41, 5.74) is 1.57. The summed E-state index contributed by atoms with van der Waals surface area (Å²) in [5.74, 6) is 0. The van der Waals surface area contributed by atoms with Crippen molar-refractivity contribution in [3.63, 3.8) is 0 Å². The molecule has 2 aromatic rings. The van der Waals surface area contributed by atoms with Crippen LogP contribution in [0.4, 0.5) is 0 Å². The maximum Gasteiger partial charge on any atom is 0.132 e. The second kappa shape index (κ2) is 16.1. The Hall–Kier alpha value is -1.88. The molecule has 0 radical (unpaired) electrons. The van der Waals surface area contributed by atoms with Crippen molar-refractivity contribution in [2.24, 2.45) is 10.8 Å². The zero-order valence-electron chi connectivity index (χ0n) is 22.3. The Morgan fingerprint density at radius 3 is 1.31 bits per heavy atom. The van der Waals surface area contributed by atoms with E-state index in [-0.39, 0.29) is 21.3 Å². The molecular weight excluding hydrogens is 460 g/mol. The van der Waals surface area contributed by atoms with E-state index in [0.717, 1.165) is 24.0 Å². The summed E-state index contributed by atoms with van der Waals surface area (Å²) in [6.07, 6.45) is 1.51. The molecule has 202 valence electrons. The van der Waals surface area contributed by atoms with Crippen LogP contribution in [0, 0.1) is 21.2 Å². The Bertz CT molecular complexity index is 750. The van der Waals surface area contributed by atoms with E-state index in [0.29, 0.717) is 52.7 Å². The third-order valence-corrected chi connectivity index (χ3v) is 5.95. The molecule has 8 heteroatoms. The Morgan fingerprint density at radius 1 is 0.583 bits per heavy atom. The van der Waals surface area contributed by atoms with Gasteiger partial charge in [0.25, 0.3) is 0 Å². The van der Waals surface area contributed by atoms with Crippen LogP contribution in [0.25, 0.3) is 0 Å². The fraction of sp³-hybridized carbons (Fsp3) is 0.571. The van der Waals surface area contributed by atoms with Gasteiger partial charge in [0.15, 0.2) is 0 Å². The van der Waals surface area contributed by atoms with Gasteiger partial charge in [0.1, 0.15) is 26.3 Å². The Kier molecular flexibility index (Phi) is 13.5. The summed E-state index contributed by atoms with van der Waals surface area (Å²) >= 11 is 0. The molecular formula is C28H44N2O6. The lowest BCUT2D eigenvalue weighted by Crippen LogP contribution is -3.07. The molecule has 2 rings (SSSR count). The lowest BCUT2D eigenvalue weighted by molar-refractivity contribution is -1.06. The van der Waals surface area contributed by atoms with Gasteiger partial charge in [-0.1, -0.05) is 88.4 Å². The number of ether oxygens (including phenoxy) is 2. The fourth-order valence-corrected chi connectivity index (χ4v) is 3.56. The van der Waals surface area contributed by atoms with Gasteiger partial charge in [-0.3, -0.25) is 0 Å². The van der Waals surface area contributed by atoms with Crippen LogP contribution in [-0.2, 0) is 32.4 Å². The Balaban J connectivity index is 1.48. The second-order valence-corrected chi connectivity index (χ2v) is 10.7. The highest BCUT2D eigenvalue weighted by Crippen LogP contribution is 2.19. The van der Waals surface area contributed by atoms with Gasteiger partial charge in [-0.05, 0) is 24.0 Å². The summed E-state index contributed by atoms with van der Waals surface area (Å²) in [6.45, 7) is 11.6. The monoisotopic (exact) mass is 504 g/mol. The van der Waals surface area contributed by atoms with Crippen molar-refractivity contribution in [1.29, 1.82) is 0 Å². The molecule has 0 spiro atoms. The average molecular weight is 505 g/mol. The lowest BCUT2D eigenvalue weighted by Gasteiger charge is -2.30. The van der Waals surface area contributed by atoms with Gasteiger partial charge in [-0.2, -0.15) is 9.68 Å². The van der Waals surface area contributed by atoms with Gasteiger partial charge in [-0.25, -0.2) is 10.5 Å². The number of rotatable bonds is 19. The number of hydrogen-bond acceptors (Lipinski definition) is 6. The minimum Gasteiger partial charge on any atom is -0.600 e. The standard InChI is InChI=1S/C28H44N2O6/c1-27(2,23-29(31)35-21-25-11-7-5-8-12-25)15-17-33-19-20-34-18-16-28(3,4)24-30(32)36-22-26-13-9-6-10-14-26/h5-14,29-30H,15-24H2,1-4H3. The van der Waals surface area contributed by atoms with E-state index >= 15 is 0 Å². The molecule has 0 heterocycles. The van der Waals surface area contributed by atoms with Crippen molar-refractivity contribution in [2.45, 2.75) is 53.8 Å². The quantitative estimate of drug-likeness (QED) is 0.226. The first-order chi connectivity index (χ1) is 17.2. The number of hydrogen-bond donors (Lipinski definition) is 2. The lowest BCUT2D eigenvalue weighted by atomic mass is 9.90. The highest BCUT2D eigenvalue weighted by atomic mass is 16.9. The van der Waals surface area contributed by atoms with Crippen LogP contribution in [0.5, 0.6) is 0 Å². The van der Waals surface area contributed by atoms with E-state index in [4.69, 9.17) is 19.1 Å². The Morgan fingerprint density at radius 2 is 0.944 bits per heavy atom. The van der Waals surface area contributed by atoms with Crippen LogP contribution >= 0.6 is 0 Å². The molecule has 0 bridgehead atoms. The van der Waals surface area contributed by atoms with Crippen LogP contribution in [0.1, 0.15) is 51.7 Å². The molecule has 2 aromatic carbocycles. The zero-order valence-corrected chi connectivity index (χ0v) is 22.3. The smallest absolute Gasteiger partial charge is 0.132 e. The largest absolute Gasteiger partial charge is 0.600 e. The predicted octanol–water partition coefficient (Wildman–Crippen LogP) is 2.88. The van der Waals surface area contributed by atoms with Gasteiger partial charge in [0, 0.05) is 24.0 Å². The minimum absolute atomic E-state index is 0.196. The molecule has 8 nitrogen and oxygen atoms in total. The maximum atomic E-state index is 12.2. The van der Waals surface area contributed by atoms with Gasteiger partial charge in [-0.15, -0.1) is 0 Å². The SMILES string of the molecule is CC(C)(CCOCCOCCC(C)(C)C[NH+]([O-])OCc1ccccc1)C[NH+]([O-])OCc1ccccc1. The molecule has 0 aliphatic heterocycles. The van der Waals surface area contributed by atoms with Crippen molar-refractivity contribution < 1.29 is 29.6 Å². The highest BCUT2D eigenvalue weighted by Gasteiger charge is 2.23. The summed E-state index contributed by atoms with van der Waals surface area (Å²) in [5, 5.41) is 24.0. The molecule has 0 saturated heterocycles. The predicted molar refractivity (Wildman–Crippen MR) is 139 cm³/mol. The van der Waals surface area contributed by atoms with Crippen molar-refractivity contribution in [2.75, 3.05) is 39.5 Å². The molecule has 0 amide bonds. The minimum atomic E-state index is -0.201. The Labute approximate surface area is 216 Å². The van der Waals surface area contributed by atoms with Crippen LogP contribution < -0.4 is 10.5 Å². The molecule has 2 unspecified atom stereocenters. The van der Waals surface area contributed by atoms with Gasteiger partial charge >= 0.3 is 0 Å². The first kappa shape index (κ1) is 30.3. The molecule has 0 aromatic heterocycles. The average Bonchev–Trinajstić information content (AvgIpc) is 2.84. The summed E-state index contributed by atoms with van der Waals surface area (Å²) < 4.78 is 11.4. The highest BCUT2D eigenvalue weighted by molar-refractivity contribution is 5.13. The maximum absolute atomic E-state index is 12.2. The van der Waals surface area contributed by atoms with E-state index in [2.05, 4.69) is 0 Å². The molecule has 2 atom stereocenters. The summed E-state index contributed by atoms with van der Waals surface area (Å²) in [4.78, 5) is 10.8. The van der Waals surface area contributed by atoms with Crippen LogP contribution in [0.2, 0.25) is 0 Å². The van der Waals surface area contributed by atoms with Crippen LogP contribution in [-0.4, -0.2) is 39.5 Å². The van der Waals surface area contributed by atoms with Crippen LogP contribution in [0.15, 0.2) is 60.7 Å². The van der Waals surface area contributed by atoms with E-state index in [1.54, 1.807) is 0 Å². The summed E-state index contributed by atoms with van der Waals surface area (Å²) in [6, 6.07) is 19.4. The van der Waals surface area contributed by atoms with Gasteiger partial charge < -0.3 is 19.9 Å². The van der Waals surface area contributed by atoms with E-state index in [9.17, 15) is 10.4 Å². The van der Waals surface area contributed by atoms with E-state index in [1.165, 1.54) is 0 Å². The summed E-state index contributed by atoms with van der Waals surface area (Å²) in [7, 11) is 0. The topological polar surface area (TPSA) is 91.9 Å². The normalized spacial score (nSPS) is 14.1. The van der Waals surface area contributed by atoms with Crippen molar-refractivity contribution in [3.05, 3.63) is 82.2 Å². The van der Waals surface area contributed by atoms with E-state index in [1.807, 2.05) is 88.4 Å². The molecule has 0 saturated carbocycles. The zero-order chi connectivity index (χ0) is 26.3. The van der Waals surface area contributed by atoms with Crippen molar-refractivity contribution >= 4 is 0 Å². The van der Waals surface area contributed by atoms with Crippen molar-refractivity contribution in [1.82, 2.24) is 0 Å². The van der Waals surface area contributed by atoms with Crippen LogP contribution in [0.3, 0.4) is 0 Å². The molecule has 0 aliphatic rings. The van der Waals surface area contributed by atoms with Crippen molar-refractivity contribution in [3.8, 4) is 0 Å². The number of hydroxylamine groups is 4. The number of quaternary nitrogens is 2. The second-order valence-electron chi connectivity index (χ2n) is 10.7. The fourth-order valence-electron chi connectivity index (χ4n) is 3.56. The van der Waals surface area contributed by atoms with E-state index < -0.39 is 0 Å².